The van der Waals surface area contributed by atoms with Crippen molar-refractivity contribution in [1.29, 1.82) is 5.26 Å². The van der Waals surface area contributed by atoms with Crippen molar-refractivity contribution in [2.45, 2.75) is 51.0 Å². The number of nitrogens with zero attached hydrogens (tertiary/aromatic N) is 3. The number of halogens is 3. The van der Waals surface area contributed by atoms with Crippen molar-refractivity contribution in [3.05, 3.63) is 47.2 Å². The average molecular weight is 482 g/mol. The van der Waals surface area contributed by atoms with Crippen LogP contribution >= 0.6 is 0 Å². The van der Waals surface area contributed by atoms with Crippen molar-refractivity contribution >= 4 is 10.1 Å². The number of likely N-dealkylation sites (tertiary alicyclic amines) is 1. The number of alkyl halides is 3. The first-order valence-corrected chi connectivity index (χ1v) is 12.0. The van der Waals surface area contributed by atoms with Crippen LogP contribution in [0.25, 0.3) is 11.1 Å². The van der Waals surface area contributed by atoms with Crippen molar-refractivity contribution < 1.29 is 25.8 Å². The molecule has 0 radical (unpaired) electrons. The maximum absolute atomic E-state index is 13.0. The van der Waals surface area contributed by atoms with Gasteiger partial charge >= 0.3 is 15.6 Å². The van der Waals surface area contributed by atoms with E-state index < -0.39 is 26.9 Å². The van der Waals surface area contributed by atoms with Crippen molar-refractivity contribution in [1.82, 2.24) is 9.88 Å². The molecule has 178 valence electrons. The molecule has 1 aromatic carbocycles. The van der Waals surface area contributed by atoms with E-state index in [0.29, 0.717) is 17.8 Å². The molecule has 1 aliphatic rings. The molecule has 0 saturated carbocycles. The van der Waals surface area contributed by atoms with E-state index in [1.54, 1.807) is 36.4 Å². The lowest BCUT2D eigenvalue weighted by molar-refractivity contribution is -0.0501. The van der Waals surface area contributed by atoms with E-state index in [1.165, 1.54) is 0 Å². The third-order valence-corrected chi connectivity index (χ3v) is 6.64. The lowest BCUT2D eigenvalue weighted by atomic mass is 9.85. The Morgan fingerprint density at radius 1 is 1.12 bits per heavy atom. The maximum atomic E-state index is 13.0. The Bertz CT molecular complexity index is 1150. The van der Waals surface area contributed by atoms with Gasteiger partial charge in [-0.1, -0.05) is 50.1 Å². The number of hydrogen-bond donors (Lipinski definition) is 0. The van der Waals surface area contributed by atoms with Gasteiger partial charge < -0.3 is 9.08 Å². The largest absolute Gasteiger partial charge is 0.534 e. The minimum atomic E-state index is -6.00. The number of nitriles is 1. The van der Waals surface area contributed by atoms with Crippen LogP contribution in [0.5, 0.6) is 5.88 Å². The van der Waals surface area contributed by atoms with Crippen LogP contribution in [0.2, 0.25) is 0 Å². The molecule has 33 heavy (non-hydrogen) atoms. The summed E-state index contributed by atoms with van der Waals surface area (Å²) in [6, 6.07) is 10.4. The highest BCUT2D eigenvalue weighted by atomic mass is 32.2. The predicted molar refractivity (Wildman–Crippen MR) is 118 cm³/mol. The molecule has 0 spiro atoms. The zero-order chi connectivity index (χ0) is 24.4. The number of piperidine rings is 1. The Morgan fingerprint density at radius 2 is 1.73 bits per heavy atom. The molecule has 2 aromatic rings. The minimum Gasteiger partial charge on any atom is -0.354 e. The molecule has 10 heteroatoms. The third kappa shape index (κ3) is 5.65. The van der Waals surface area contributed by atoms with E-state index in [0.717, 1.165) is 37.9 Å². The standard InChI is InChI=1S/C23H26F3N3O3S/c1-16-7-9-17(10-8-16)18-13-20(22(2,3)15-29-11-5-4-6-12-29)28-21(19(18)14-27)32-33(30,31)23(24,25)26/h7-10,13H,4-6,11-12,15H2,1-3H3. The second-order valence-corrected chi connectivity index (χ2v) is 10.5. The molecule has 0 aliphatic carbocycles. The van der Waals surface area contributed by atoms with Gasteiger partial charge in [0.1, 0.15) is 11.6 Å². The number of pyridine rings is 1. The molecule has 1 saturated heterocycles. The fraction of sp³-hybridized carbons (Fsp3) is 0.478. The smallest absolute Gasteiger partial charge is 0.354 e. The van der Waals surface area contributed by atoms with E-state index in [1.807, 2.05) is 20.8 Å². The summed E-state index contributed by atoms with van der Waals surface area (Å²) in [6.45, 7) is 8.02. The quantitative estimate of drug-likeness (QED) is 0.430. The first-order valence-electron chi connectivity index (χ1n) is 10.6. The van der Waals surface area contributed by atoms with Gasteiger partial charge in [-0.15, -0.1) is 0 Å². The number of rotatable bonds is 6. The van der Waals surface area contributed by atoms with Crippen LogP contribution in [-0.2, 0) is 15.5 Å². The van der Waals surface area contributed by atoms with Crippen molar-refractivity contribution in [3.63, 3.8) is 0 Å². The van der Waals surface area contributed by atoms with Crippen molar-refractivity contribution in [3.8, 4) is 23.1 Å². The summed E-state index contributed by atoms with van der Waals surface area (Å²) in [5.41, 5.74) is -4.56. The highest BCUT2D eigenvalue weighted by molar-refractivity contribution is 7.87. The van der Waals surface area contributed by atoms with Gasteiger partial charge in [-0.3, -0.25) is 0 Å². The lowest BCUT2D eigenvalue weighted by Gasteiger charge is -2.35. The van der Waals surface area contributed by atoms with E-state index >= 15 is 0 Å². The Kier molecular flexibility index (Phi) is 7.05. The minimum absolute atomic E-state index is 0.265. The third-order valence-electron chi connectivity index (χ3n) is 5.69. The second kappa shape index (κ2) is 9.31. The van der Waals surface area contributed by atoms with Crippen LogP contribution in [0.4, 0.5) is 13.2 Å². The SMILES string of the molecule is Cc1ccc(-c2cc(C(C)(C)CN3CCCCC3)nc(OS(=O)(=O)C(F)(F)F)c2C#N)cc1. The Balaban J connectivity index is 2.16. The molecular formula is C23H26F3N3O3S. The van der Waals surface area contributed by atoms with Crippen molar-refractivity contribution in [2.75, 3.05) is 19.6 Å². The van der Waals surface area contributed by atoms with Crippen LogP contribution in [0.1, 0.15) is 49.9 Å². The zero-order valence-corrected chi connectivity index (χ0v) is 19.6. The molecule has 0 N–H and O–H groups in total. The molecule has 1 aliphatic heterocycles. The van der Waals surface area contributed by atoms with Crippen molar-refractivity contribution in [2.24, 2.45) is 0 Å². The van der Waals surface area contributed by atoms with Gasteiger partial charge in [-0.25, -0.2) is 4.98 Å². The topological polar surface area (TPSA) is 83.3 Å². The summed E-state index contributed by atoms with van der Waals surface area (Å²) in [7, 11) is -6.00. The fourth-order valence-electron chi connectivity index (χ4n) is 3.91. The van der Waals surface area contributed by atoms with Gasteiger partial charge in [0.25, 0.3) is 5.88 Å². The monoisotopic (exact) mass is 481 g/mol. The maximum Gasteiger partial charge on any atom is 0.534 e. The van der Waals surface area contributed by atoms with Gasteiger partial charge in [0.05, 0.1) is 5.69 Å². The average Bonchev–Trinajstić information content (AvgIpc) is 2.73. The van der Waals surface area contributed by atoms with E-state index in [2.05, 4.69) is 14.1 Å². The molecule has 1 fully saturated rings. The molecule has 3 rings (SSSR count). The Hall–Kier alpha value is -2.64. The van der Waals surface area contributed by atoms with Crippen LogP contribution in [0.3, 0.4) is 0 Å². The Morgan fingerprint density at radius 3 is 2.27 bits per heavy atom. The molecule has 6 nitrogen and oxygen atoms in total. The van der Waals surface area contributed by atoms with Gasteiger partial charge in [-0.05, 0) is 44.5 Å². The second-order valence-electron chi connectivity index (χ2n) is 8.92. The van der Waals surface area contributed by atoms with Gasteiger partial charge in [0, 0.05) is 17.5 Å². The molecule has 0 amide bonds. The van der Waals surface area contributed by atoms with Gasteiger partial charge in [0.2, 0.25) is 0 Å². The first kappa shape index (κ1) is 25.0. The molecule has 2 heterocycles. The number of aryl methyl sites for hydroxylation is 1. The molecule has 1 aromatic heterocycles. The normalized spacial score (nSPS) is 15.8. The first-order chi connectivity index (χ1) is 15.3. The highest BCUT2D eigenvalue weighted by Gasteiger charge is 2.49. The molecule has 0 atom stereocenters. The number of aromatic nitrogens is 1. The summed E-state index contributed by atoms with van der Waals surface area (Å²) >= 11 is 0. The Labute approximate surface area is 192 Å². The van der Waals surface area contributed by atoms with Crippen LogP contribution in [0, 0.1) is 18.3 Å². The zero-order valence-electron chi connectivity index (χ0n) is 18.7. The number of benzene rings is 1. The summed E-state index contributed by atoms with van der Waals surface area (Å²) in [4.78, 5) is 6.38. The number of hydrogen-bond acceptors (Lipinski definition) is 6. The van der Waals surface area contributed by atoms with Crippen LogP contribution in [0.15, 0.2) is 30.3 Å². The van der Waals surface area contributed by atoms with E-state index in [-0.39, 0.29) is 11.1 Å². The molecule has 0 bridgehead atoms. The van der Waals surface area contributed by atoms with E-state index in [9.17, 15) is 26.9 Å². The van der Waals surface area contributed by atoms with Crippen LogP contribution in [-0.4, -0.2) is 43.4 Å². The highest BCUT2D eigenvalue weighted by Crippen LogP contribution is 2.37. The van der Waals surface area contributed by atoms with Gasteiger partial charge in [-0.2, -0.15) is 26.9 Å². The predicted octanol–water partition coefficient (Wildman–Crippen LogP) is 4.92. The fourth-order valence-corrected chi connectivity index (χ4v) is 4.33. The summed E-state index contributed by atoms with van der Waals surface area (Å²) in [6.07, 6.45) is 3.27. The molecular weight excluding hydrogens is 455 g/mol. The van der Waals surface area contributed by atoms with Gasteiger partial charge in [0.15, 0.2) is 0 Å². The van der Waals surface area contributed by atoms with E-state index in [4.69, 9.17) is 0 Å². The van der Waals surface area contributed by atoms with Crippen LogP contribution < -0.4 is 4.18 Å². The summed E-state index contributed by atoms with van der Waals surface area (Å²) in [5.74, 6) is -0.866. The summed E-state index contributed by atoms with van der Waals surface area (Å²) < 4.78 is 67.0. The molecule has 0 unspecified atom stereocenters. The lowest BCUT2D eigenvalue weighted by Crippen LogP contribution is -2.40. The summed E-state index contributed by atoms with van der Waals surface area (Å²) in [5, 5.41) is 9.72.